The van der Waals surface area contributed by atoms with E-state index in [1.54, 1.807) is 0 Å². The molecule has 0 saturated carbocycles. The van der Waals surface area contributed by atoms with Crippen LogP contribution in [0.15, 0.2) is 54.7 Å². The molecule has 5 nitrogen and oxygen atoms in total. The molecule has 26 heavy (non-hydrogen) atoms. The predicted octanol–water partition coefficient (Wildman–Crippen LogP) is 3.47. The Morgan fingerprint density at radius 1 is 1.04 bits per heavy atom. The molecular weight excluding hydrogens is 324 g/mol. The van der Waals surface area contributed by atoms with Gasteiger partial charge in [0.1, 0.15) is 5.69 Å². The molecule has 3 aromatic rings. The van der Waals surface area contributed by atoms with Crippen LogP contribution in [0.1, 0.15) is 34.2 Å². The van der Waals surface area contributed by atoms with Crippen LogP contribution >= 0.6 is 0 Å². The summed E-state index contributed by atoms with van der Waals surface area (Å²) >= 11 is 0. The highest BCUT2D eigenvalue weighted by Gasteiger charge is 2.29. The molecule has 0 aliphatic carbocycles. The Morgan fingerprint density at radius 2 is 1.85 bits per heavy atom. The van der Waals surface area contributed by atoms with E-state index in [0.717, 1.165) is 31.9 Å². The fourth-order valence-corrected chi connectivity index (χ4v) is 3.33. The third-order valence-corrected chi connectivity index (χ3v) is 4.90. The average Bonchev–Trinajstić information content (AvgIpc) is 3.28. The predicted molar refractivity (Wildman–Crippen MR) is 101 cm³/mol. The standard InChI is InChI=1S/C21H24N4O/c1-16-7-9-18(10-8-16)13-24-11-12-26-21(24)20-15-25(23-22-20)14-19-6-4-3-5-17(19)2/h3-10,15,21H,11-14H2,1-2H3. The largest absolute Gasteiger partial charge is 0.356 e. The zero-order valence-electron chi connectivity index (χ0n) is 15.3. The van der Waals surface area contributed by atoms with Crippen LogP contribution in [-0.2, 0) is 17.8 Å². The smallest absolute Gasteiger partial charge is 0.157 e. The first-order chi connectivity index (χ1) is 12.7. The van der Waals surface area contributed by atoms with Crippen LogP contribution in [-0.4, -0.2) is 33.0 Å². The second-order valence-electron chi connectivity index (χ2n) is 6.95. The minimum absolute atomic E-state index is 0.123. The molecule has 1 atom stereocenters. The van der Waals surface area contributed by atoms with Crippen molar-refractivity contribution in [2.75, 3.05) is 13.2 Å². The normalized spacial score (nSPS) is 17.7. The molecule has 0 bridgehead atoms. The summed E-state index contributed by atoms with van der Waals surface area (Å²) in [4.78, 5) is 2.31. The number of benzene rings is 2. The molecule has 1 saturated heterocycles. The maximum absolute atomic E-state index is 5.94. The van der Waals surface area contributed by atoms with E-state index in [9.17, 15) is 0 Å². The van der Waals surface area contributed by atoms with Crippen LogP contribution < -0.4 is 0 Å². The van der Waals surface area contributed by atoms with Crippen LogP contribution in [0.5, 0.6) is 0 Å². The fourth-order valence-electron chi connectivity index (χ4n) is 3.33. The van der Waals surface area contributed by atoms with E-state index in [4.69, 9.17) is 4.74 Å². The molecule has 2 aromatic carbocycles. The van der Waals surface area contributed by atoms with Crippen molar-refractivity contribution in [3.8, 4) is 0 Å². The molecule has 1 aromatic heterocycles. The zero-order chi connectivity index (χ0) is 17.9. The summed E-state index contributed by atoms with van der Waals surface area (Å²) in [6.07, 6.45) is 1.88. The van der Waals surface area contributed by atoms with Crippen molar-refractivity contribution in [1.29, 1.82) is 0 Å². The van der Waals surface area contributed by atoms with Gasteiger partial charge < -0.3 is 4.74 Å². The summed E-state index contributed by atoms with van der Waals surface area (Å²) in [5, 5.41) is 8.69. The van der Waals surface area contributed by atoms with Crippen LogP contribution in [0, 0.1) is 13.8 Å². The van der Waals surface area contributed by atoms with E-state index in [-0.39, 0.29) is 6.23 Å². The van der Waals surface area contributed by atoms with Crippen molar-refractivity contribution in [3.63, 3.8) is 0 Å². The Kier molecular flexibility index (Phi) is 4.82. The fraction of sp³-hybridized carbons (Fsp3) is 0.333. The summed E-state index contributed by atoms with van der Waals surface area (Å²) < 4.78 is 7.84. The van der Waals surface area contributed by atoms with Crippen molar-refractivity contribution >= 4 is 0 Å². The highest BCUT2D eigenvalue weighted by Crippen LogP contribution is 2.27. The van der Waals surface area contributed by atoms with Crippen LogP contribution in [0.3, 0.4) is 0 Å². The van der Waals surface area contributed by atoms with E-state index in [1.165, 1.54) is 22.3 Å². The number of hydrogen-bond donors (Lipinski definition) is 0. The van der Waals surface area contributed by atoms with E-state index >= 15 is 0 Å². The van der Waals surface area contributed by atoms with Crippen LogP contribution in [0.25, 0.3) is 0 Å². The average molecular weight is 348 g/mol. The number of nitrogens with zero attached hydrogens (tertiary/aromatic N) is 4. The quantitative estimate of drug-likeness (QED) is 0.708. The zero-order valence-corrected chi connectivity index (χ0v) is 15.3. The van der Waals surface area contributed by atoms with Crippen molar-refractivity contribution < 1.29 is 4.74 Å². The summed E-state index contributed by atoms with van der Waals surface area (Å²) in [6.45, 7) is 7.44. The third kappa shape index (κ3) is 3.69. The molecule has 1 unspecified atom stereocenters. The van der Waals surface area contributed by atoms with Gasteiger partial charge in [0, 0.05) is 13.1 Å². The molecule has 0 spiro atoms. The molecule has 0 amide bonds. The first-order valence-electron chi connectivity index (χ1n) is 9.05. The van der Waals surface area contributed by atoms with Gasteiger partial charge in [-0.15, -0.1) is 5.10 Å². The number of aromatic nitrogens is 3. The number of rotatable bonds is 5. The van der Waals surface area contributed by atoms with Crippen LogP contribution in [0.4, 0.5) is 0 Å². The molecule has 0 radical (unpaired) electrons. The number of hydrogen-bond acceptors (Lipinski definition) is 4. The Balaban J connectivity index is 1.47. The lowest BCUT2D eigenvalue weighted by Crippen LogP contribution is -2.23. The second-order valence-corrected chi connectivity index (χ2v) is 6.95. The highest BCUT2D eigenvalue weighted by atomic mass is 16.5. The van der Waals surface area contributed by atoms with E-state index in [0.29, 0.717) is 0 Å². The van der Waals surface area contributed by atoms with E-state index in [2.05, 4.69) is 77.6 Å². The van der Waals surface area contributed by atoms with Gasteiger partial charge in [0.15, 0.2) is 6.23 Å². The maximum Gasteiger partial charge on any atom is 0.157 e. The van der Waals surface area contributed by atoms with Crippen molar-refractivity contribution in [2.45, 2.75) is 33.2 Å². The molecule has 134 valence electrons. The van der Waals surface area contributed by atoms with Gasteiger partial charge in [0.25, 0.3) is 0 Å². The van der Waals surface area contributed by atoms with Crippen LogP contribution in [0.2, 0.25) is 0 Å². The van der Waals surface area contributed by atoms with Gasteiger partial charge >= 0.3 is 0 Å². The maximum atomic E-state index is 5.94. The van der Waals surface area contributed by atoms with Gasteiger partial charge in [0.05, 0.1) is 19.3 Å². The second kappa shape index (κ2) is 7.40. The van der Waals surface area contributed by atoms with E-state index < -0.39 is 0 Å². The van der Waals surface area contributed by atoms with Crippen molar-refractivity contribution in [3.05, 3.63) is 82.7 Å². The molecule has 5 heteroatoms. The Bertz CT molecular complexity index is 872. The third-order valence-electron chi connectivity index (χ3n) is 4.90. The molecule has 1 aliphatic heterocycles. The van der Waals surface area contributed by atoms with Gasteiger partial charge in [-0.25, -0.2) is 4.68 Å². The Labute approximate surface area is 154 Å². The molecular formula is C21H24N4O. The van der Waals surface area contributed by atoms with Gasteiger partial charge in [-0.1, -0.05) is 59.3 Å². The molecule has 1 fully saturated rings. The molecule has 1 aliphatic rings. The lowest BCUT2D eigenvalue weighted by atomic mass is 10.1. The van der Waals surface area contributed by atoms with Gasteiger partial charge in [-0.2, -0.15) is 0 Å². The van der Waals surface area contributed by atoms with Gasteiger partial charge in [0.2, 0.25) is 0 Å². The summed E-state index contributed by atoms with van der Waals surface area (Å²) in [5.41, 5.74) is 5.97. The molecule has 2 heterocycles. The monoisotopic (exact) mass is 348 g/mol. The Morgan fingerprint density at radius 3 is 2.65 bits per heavy atom. The van der Waals surface area contributed by atoms with Crippen molar-refractivity contribution in [2.24, 2.45) is 0 Å². The minimum atomic E-state index is -0.123. The van der Waals surface area contributed by atoms with Gasteiger partial charge in [-0.05, 0) is 30.5 Å². The minimum Gasteiger partial charge on any atom is -0.356 e. The lowest BCUT2D eigenvalue weighted by Gasteiger charge is -2.21. The first kappa shape index (κ1) is 16.9. The van der Waals surface area contributed by atoms with Gasteiger partial charge in [-0.3, -0.25) is 4.90 Å². The molecule has 0 N–H and O–H groups in total. The molecule has 4 rings (SSSR count). The van der Waals surface area contributed by atoms with Crippen molar-refractivity contribution in [1.82, 2.24) is 19.9 Å². The van der Waals surface area contributed by atoms with E-state index in [1.807, 2.05) is 10.9 Å². The summed E-state index contributed by atoms with van der Waals surface area (Å²) in [7, 11) is 0. The summed E-state index contributed by atoms with van der Waals surface area (Å²) in [5.74, 6) is 0. The number of ether oxygens (including phenoxy) is 1. The topological polar surface area (TPSA) is 43.2 Å². The first-order valence-corrected chi connectivity index (χ1v) is 9.05. The summed E-state index contributed by atoms with van der Waals surface area (Å²) in [6, 6.07) is 17.0. The Hall–Kier alpha value is -2.50. The number of aryl methyl sites for hydroxylation is 2. The SMILES string of the molecule is Cc1ccc(CN2CCOC2c2cn(Cc3ccccc3C)nn2)cc1. The highest BCUT2D eigenvalue weighted by molar-refractivity contribution is 5.25. The lowest BCUT2D eigenvalue weighted by molar-refractivity contribution is 0.0252.